The van der Waals surface area contributed by atoms with E-state index in [1.807, 2.05) is 30.3 Å². The molecular weight excluding hydrogens is 306 g/mol. The molecule has 0 saturated heterocycles. The molecule has 0 spiro atoms. The van der Waals surface area contributed by atoms with Crippen LogP contribution in [0.3, 0.4) is 0 Å². The molecule has 0 aliphatic heterocycles. The number of benzene rings is 1. The van der Waals surface area contributed by atoms with E-state index in [-0.39, 0.29) is 5.91 Å². The average Bonchev–Trinajstić information content (AvgIpc) is 2.63. The Morgan fingerprint density at radius 1 is 1.12 bits per heavy atom. The highest BCUT2D eigenvalue weighted by molar-refractivity contribution is 5.92. The second kappa shape index (κ2) is 9.52. The van der Waals surface area contributed by atoms with Gasteiger partial charge in [0.15, 0.2) is 0 Å². The fourth-order valence-electron chi connectivity index (χ4n) is 2.24. The average molecular weight is 329 g/mol. The summed E-state index contributed by atoms with van der Waals surface area (Å²) in [5.74, 6) is 0.688. The number of pyridine rings is 1. The molecule has 0 radical (unpaired) electrons. The third-order valence-corrected chi connectivity index (χ3v) is 3.50. The number of hydrogen-bond donors (Lipinski definition) is 2. The van der Waals surface area contributed by atoms with E-state index < -0.39 is 0 Å². The number of amides is 1. The van der Waals surface area contributed by atoms with Crippen molar-refractivity contribution in [1.29, 1.82) is 0 Å². The van der Waals surface area contributed by atoms with Gasteiger partial charge in [-0.3, -0.25) is 4.79 Å². The van der Waals surface area contributed by atoms with Gasteiger partial charge in [0, 0.05) is 20.2 Å². The van der Waals surface area contributed by atoms with E-state index in [4.69, 9.17) is 9.47 Å². The van der Waals surface area contributed by atoms with Crippen LogP contribution in [-0.2, 0) is 11.2 Å². The number of carbonyl (C=O) groups is 1. The molecule has 1 aromatic heterocycles. The number of ether oxygens (including phenoxy) is 2. The Labute approximate surface area is 142 Å². The lowest BCUT2D eigenvalue weighted by Crippen LogP contribution is -2.27. The zero-order valence-electron chi connectivity index (χ0n) is 14.0. The van der Waals surface area contributed by atoms with Gasteiger partial charge in [-0.25, -0.2) is 4.98 Å². The first kappa shape index (κ1) is 17.7. The molecule has 6 nitrogen and oxygen atoms in total. The van der Waals surface area contributed by atoms with E-state index in [0.29, 0.717) is 18.8 Å². The first-order valence-electron chi connectivity index (χ1n) is 7.83. The molecule has 0 bridgehead atoms. The summed E-state index contributed by atoms with van der Waals surface area (Å²) in [5.41, 5.74) is 2.41. The van der Waals surface area contributed by atoms with E-state index >= 15 is 0 Å². The first-order valence-corrected chi connectivity index (χ1v) is 7.83. The Morgan fingerprint density at radius 3 is 2.67 bits per heavy atom. The molecule has 0 aliphatic carbocycles. The van der Waals surface area contributed by atoms with Crippen molar-refractivity contribution in [3.63, 3.8) is 0 Å². The van der Waals surface area contributed by atoms with E-state index in [1.165, 1.54) is 0 Å². The highest BCUT2D eigenvalue weighted by Gasteiger charge is 2.06. The van der Waals surface area contributed by atoms with E-state index in [9.17, 15) is 4.79 Å². The number of methoxy groups -OCH3 is 2. The number of carbonyl (C=O) groups excluding carboxylic acids is 1. The molecule has 1 amide bonds. The van der Waals surface area contributed by atoms with Crippen LogP contribution >= 0.6 is 0 Å². The Morgan fingerprint density at radius 2 is 1.96 bits per heavy atom. The second-order valence-corrected chi connectivity index (χ2v) is 5.17. The van der Waals surface area contributed by atoms with Crippen molar-refractivity contribution in [1.82, 2.24) is 10.3 Å². The van der Waals surface area contributed by atoms with Gasteiger partial charge in [-0.1, -0.05) is 18.2 Å². The van der Waals surface area contributed by atoms with Gasteiger partial charge in [-0.15, -0.1) is 0 Å². The van der Waals surface area contributed by atoms with Crippen LogP contribution < -0.4 is 15.4 Å². The summed E-state index contributed by atoms with van der Waals surface area (Å²) in [7, 11) is 3.27. The predicted octanol–water partition coefficient (Wildman–Crippen LogP) is 2.12. The van der Waals surface area contributed by atoms with Crippen molar-refractivity contribution in [2.24, 2.45) is 0 Å². The molecule has 0 saturated carbocycles. The Kier molecular flexibility index (Phi) is 7.04. The first-order chi connectivity index (χ1) is 11.7. The minimum Gasteiger partial charge on any atom is -0.496 e. The lowest BCUT2D eigenvalue weighted by atomic mass is 10.1. The standard InChI is InChI=1S/C18H23N3O3/c1-23-12-11-20-18(22)16-8-7-15(13-21-16)19-10-9-14-5-3-4-6-17(14)24-2/h3-8,13,19H,9-12H2,1-2H3,(H,20,22). The van der Waals surface area contributed by atoms with Crippen molar-refractivity contribution in [3.05, 3.63) is 53.9 Å². The molecule has 6 heteroatoms. The summed E-state index contributed by atoms with van der Waals surface area (Å²) >= 11 is 0. The van der Waals surface area contributed by atoms with Crippen molar-refractivity contribution in [2.75, 3.05) is 39.2 Å². The maximum absolute atomic E-state index is 11.8. The largest absolute Gasteiger partial charge is 0.496 e. The van der Waals surface area contributed by atoms with Crippen LogP contribution in [0.15, 0.2) is 42.6 Å². The SMILES string of the molecule is COCCNC(=O)c1ccc(NCCc2ccccc2OC)cn1. The van der Waals surface area contributed by atoms with Crippen molar-refractivity contribution < 1.29 is 14.3 Å². The monoisotopic (exact) mass is 329 g/mol. The van der Waals surface area contributed by atoms with Crippen LogP contribution in [0.5, 0.6) is 5.75 Å². The number of rotatable bonds is 9. The lowest BCUT2D eigenvalue weighted by molar-refractivity contribution is 0.0932. The molecule has 1 heterocycles. The van der Waals surface area contributed by atoms with Gasteiger partial charge >= 0.3 is 0 Å². The van der Waals surface area contributed by atoms with Gasteiger partial charge < -0.3 is 20.1 Å². The predicted molar refractivity (Wildman–Crippen MR) is 93.6 cm³/mol. The van der Waals surface area contributed by atoms with E-state index in [2.05, 4.69) is 15.6 Å². The fraction of sp³-hybridized carbons (Fsp3) is 0.333. The summed E-state index contributed by atoms with van der Waals surface area (Å²) in [6, 6.07) is 11.5. The van der Waals surface area contributed by atoms with Gasteiger partial charge in [0.05, 0.1) is 25.6 Å². The van der Waals surface area contributed by atoms with E-state index in [0.717, 1.165) is 30.0 Å². The molecule has 128 valence electrons. The molecule has 2 rings (SSSR count). The number of aromatic nitrogens is 1. The normalized spacial score (nSPS) is 10.2. The highest BCUT2D eigenvalue weighted by atomic mass is 16.5. The number of nitrogens with one attached hydrogen (secondary N) is 2. The van der Waals surface area contributed by atoms with Crippen LogP contribution in [0, 0.1) is 0 Å². The molecule has 2 N–H and O–H groups in total. The van der Waals surface area contributed by atoms with Gasteiger partial charge in [0.2, 0.25) is 0 Å². The second-order valence-electron chi connectivity index (χ2n) is 5.17. The summed E-state index contributed by atoms with van der Waals surface area (Å²) < 4.78 is 10.2. The Hall–Kier alpha value is -2.60. The van der Waals surface area contributed by atoms with Crippen LogP contribution in [0.1, 0.15) is 16.1 Å². The van der Waals surface area contributed by atoms with Crippen LogP contribution in [0.2, 0.25) is 0 Å². The highest BCUT2D eigenvalue weighted by Crippen LogP contribution is 2.17. The molecule has 2 aromatic rings. The minimum atomic E-state index is -0.201. The minimum absolute atomic E-state index is 0.201. The molecule has 1 aromatic carbocycles. The summed E-state index contributed by atoms with van der Waals surface area (Å²) in [4.78, 5) is 16.0. The quantitative estimate of drug-likeness (QED) is 0.690. The topological polar surface area (TPSA) is 72.5 Å². The zero-order chi connectivity index (χ0) is 17.2. The summed E-state index contributed by atoms with van der Waals surface area (Å²) in [6.07, 6.45) is 2.50. The van der Waals surface area contributed by atoms with Crippen molar-refractivity contribution >= 4 is 11.6 Å². The third kappa shape index (κ3) is 5.24. The summed E-state index contributed by atoms with van der Waals surface area (Å²) in [5, 5.41) is 6.03. The molecule has 0 fully saturated rings. The summed E-state index contributed by atoms with van der Waals surface area (Å²) in [6.45, 7) is 1.70. The smallest absolute Gasteiger partial charge is 0.269 e. The van der Waals surface area contributed by atoms with Crippen LogP contribution in [0.4, 0.5) is 5.69 Å². The molecule has 0 aliphatic rings. The molecule has 0 unspecified atom stereocenters. The molecular formula is C18H23N3O3. The van der Waals surface area contributed by atoms with Gasteiger partial charge in [0.1, 0.15) is 11.4 Å². The molecule has 0 atom stereocenters. The van der Waals surface area contributed by atoms with Crippen LogP contribution in [-0.4, -0.2) is 44.8 Å². The van der Waals surface area contributed by atoms with Gasteiger partial charge in [-0.2, -0.15) is 0 Å². The maximum atomic E-state index is 11.8. The maximum Gasteiger partial charge on any atom is 0.269 e. The number of hydrogen-bond acceptors (Lipinski definition) is 5. The van der Waals surface area contributed by atoms with Gasteiger partial charge in [-0.05, 0) is 30.2 Å². The fourth-order valence-corrected chi connectivity index (χ4v) is 2.24. The van der Waals surface area contributed by atoms with Crippen LogP contribution in [0.25, 0.3) is 0 Å². The zero-order valence-corrected chi connectivity index (χ0v) is 14.0. The van der Waals surface area contributed by atoms with Crippen molar-refractivity contribution in [2.45, 2.75) is 6.42 Å². The lowest BCUT2D eigenvalue weighted by Gasteiger charge is -2.10. The Balaban J connectivity index is 1.82. The Bertz CT molecular complexity index is 644. The van der Waals surface area contributed by atoms with Crippen molar-refractivity contribution in [3.8, 4) is 5.75 Å². The number of para-hydroxylation sites is 1. The number of nitrogens with zero attached hydrogens (tertiary/aromatic N) is 1. The third-order valence-electron chi connectivity index (χ3n) is 3.50. The number of anilines is 1. The van der Waals surface area contributed by atoms with Gasteiger partial charge in [0.25, 0.3) is 5.91 Å². The van der Waals surface area contributed by atoms with E-state index in [1.54, 1.807) is 26.5 Å². The molecule has 24 heavy (non-hydrogen) atoms.